The summed E-state index contributed by atoms with van der Waals surface area (Å²) in [5.41, 5.74) is 0.884. The zero-order valence-corrected chi connectivity index (χ0v) is 14.0. The summed E-state index contributed by atoms with van der Waals surface area (Å²) in [4.78, 5) is 22.3. The average Bonchev–Trinajstić information content (AvgIpc) is 2.98. The van der Waals surface area contributed by atoms with Gasteiger partial charge in [0.2, 0.25) is 0 Å². The normalized spacial score (nSPS) is 16.1. The van der Waals surface area contributed by atoms with Crippen LogP contribution in [0.15, 0.2) is 41.9 Å². The minimum atomic E-state index is 0.00799. The van der Waals surface area contributed by atoms with E-state index in [1.807, 2.05) is 23.1 Å². The zero-order chi connectivity index (χ0) is 15.9. The van der Waals surface area contributed by atoms with Gasteiger partial charge in [0, 0.05) is 43.8 Å². The molecule has 1 saturated heterocycles. The Balaban J connectivity index is 1.46. The lowest BCUT2D eigenvalue weighted by molar-refractivity contribution is 0.197. The van der Waals surface area contributed by atoms with Gasteiger partial charge in [-0.2, -0.15) is 0 Å². The third kappa shape index (κ3) is 4.77. The van der Waals surface area contributed by atoms with Crippen LogP contribution in [-0.4, -0.2) is 47.0 Å². The fraction of sp³-hybridized carbons (Fsp3) is 0.412. The van der Waals surface area contributed by atoms with E-state index in [2.05, 4.69) is 32.7 Å². The number of nitrogens with one attached hydrogen (secondary N) is 1. The number of nitrogens with zero attached hydrogens (tertiary/aromatic N) is 3. The quantitative estimate of drug-likeness (QED) is 0.937. The molecule has 5 nitrogen and oxygen atoms in total. The molecule has 3 heterocycles. The van der Waals surface area contributed by atoms with Crippen molar-refractivity contribution in [3.63, 3.8) is 0 Å². The van der Waals surface area contributed by atoms with Crippen LogP contribution in [0.2, 0.25) is 0 Å². The van der Waals surface area contributed by atoms with E-state index in [0.29, 0.717) is 6.54 Å². The van der Waals surface area contributed by atoms with Crippen molar-refractivity contribution in [3.05, 3.63) is 52.5 Å². The van der Waals surface area contributed by atoms with Crippen LogP contribution in [-0.2, 0) is 13.1 Å². The van der Waals surface area contributed by atoms with Gasteiger partial charge in [-0.15, -0.1) is 11.3 Å². The van der Waals surface area contributed by atoms with Gasteiger partial charge in [0.15, 0.2) is 0 Å². The summed E-state index contributed by atoms with van der Waals surface area (Å²) < 4.78 is 0. The van der Waals surface area contributed by atoms with Gasteiger partial charge < -0.3 is 10.2 Å². The van der Waals surface area contributed by atoms with Gasteiger partial charge in [-0.05, 0) is 30.0 Å². The maximum atomic E-state index is 12.3. The Morgan fingerprint density at radius 2 is 2.13 bits per heavy atom. The number of carbonyl (C=O) groups is 1. The van der Waals surface area contributed by atoms with Crippen LogP contribution in [0.1, 0.15) is 17.0 Å². The van der Waals surface area contributed by atoms with Gasteiger partial charge in [-0.3, -0.25) is 9.88 Å². The Morgan fingerprint density at radius 3 is 2.91 bits per heavy atom. The number of amides is 2. The molecule has 0 aromatic carbocycles. The Bertz CT molecular complexity index is 602. The van der Waals surface area contributed by atoms with Crippen LogP contribution in [0, 0.1) is 0 Å². The van der Waals surface area contributed by atoms with E-state index in [0.717, 1.165) is 44.8 Å². The van der Waals surface area contributed by atoms with Crippen molar-refractivity contribution in [1.29, 1.82) is 0 Å². The highest BCUT2D eigenvalue weighted by atomic mass is 32.1. The van der Waals surface area contributed by atoms with Crippen LogP contribution >= 0.6 is 11.3 Å². The molecule has 0 unspecified atom stereocenters. The van der Waals surface area contributed by atoms with Crippen molar-refractivity contribution in [2.24, 2.45) is 0 Å². The van der Waals surface area contributed by atoms with Crippen molar-refractivity contribution in [2.45, 2.75) is 19.5 Å². The van der Waals surface area contributed by atoms with E-state index in [1.165, 1.54) is 4.88 Å². The summed E-state index contributed by atoms with van der Waals surface area (Å²) >= 11 is 1.79. The summed E-state index contributed by atoms with van der Waals surface area (Å²) in [7, 11) is 0. The van der Waals surface area contributed by atoms with Crippen molar-refractivity contribution in [3.8, 4) is 0 Å². The van der Waals surface area contributed by atoms with E-state index < -0.39 is 0 Å². The second kappa shape index (κ2) is 8.08. The summed E-state index contributed by atoms with van der Waals surface area (Å²) in [6.45, 7) is 5.03. The predicted molar refractivity (Wildman–Crippen MR) is 92.3 cm³/mol. The molecular formula is C17H22N4OS. The number of thiophene rings is 1. The highest BCUT2D eigenvalue weighted by Crippen LogP contribution is 2.13. The Hall–Kier alpha value is -1.92. The van der Waals surface area contributed by atoms with Crippen molar-refractivity contribution >= 4 is 17.4 Å². The lowest BCUT2D eigenvalue weighted by atomic mass is 10.3. The fourth-order valence-electron chi connectivity index (χ4n) is 2.74. The number of carbonyl (C=O) groups excluding carboxylic acids is 1. The van der Waals surface area contributed by atoms with Gasteiger partial charge >= 0.3 is 6.03 Å². The van der Waals surface area contributed by atoms with E-state index in [4.69, 9.17) is 0 Å². The molecule has 1 fully saturated rings. The molecule has 3 rings (SSSR count). The first-order valence-electron chi connectivity index (χ1n) is 7.99. The molecule has 0 radical (unpaired) electrons. The van der Waals surface area contributed by atoms with E-state index >= 15 is 0 Å². The average molecular weight is 330 g/mol. The van der Waals surface area contributed by atoms with E-state index in [1.54, 1.807) is 17.5 Å². The highest BCUT2D eigenvalue weighted by Gasteiger charge is 2.19. The fourth-order valence-corrected chi connectivity index (χ4v) is 3.48. The van der Waals surface area contributed by atoms with Crippen LogP contribution in [0.25, 0.3) is 0 Å². The number of aromatic nitrogens is 1. The van der Waals surface area contributed by atoms with Crippen molar-refractivity contribution < 1.29 is 4.79 Å². The molecule has 2 aromatic rings. The summed E-state index contributed by atoms with van der Waals surface area (Å²) in [5.74, 6) is 0. The molecule has 2 amide bonds. The summed E-state index contributed by atoms with van der Waals surface area (Å²) in [5, 5.41) is 5.08. The molecule has 2 aromatic heterocycles. The molecule has 1 aliphatic rings. The molecule has 1 N–H and O–H groups in total. The predicted octanol–water partition coefficient (Wildman–Crippen LogP) is 2.56. The van der Waals surface area contributed by atoms with Gasteiger partial charge in [-0.25, -0.2) is 4.79 Å². The van der Waals surface area contributed by atoms with Gasteiger partial charge in [0.25, 0.3) is 0 Å². The molecule has 1 aliphatic heterocycles. The third-order valence-corrected chi connectivity index (χ3v) is 4.84. The Kier molecular flexibility index (Phi) is 5.60. The molecule has 6 heteroatoms. The molecule has 122 valence electrons. The topological polar surface area (TPSA) is 48.5 Å². The first kappa shape index (κ1) is 16.0. The van der Waals surface area contributed by atoms with Crippen LogP contribution in [0.5, 0.6) is 0 Å². The van der Waals surface area contributed by atoms with Crippen molar-refractivity contribution in [2.75, 3.05) is 26.2 Å². The lowest BCUT2D eigenvalue weighted by Gasteiger charge is -2.22. The van der Waals surface area contributed by atoms with E-state index in [9.17, 15) is 4.79 Å². The summed E-state index contributed by atoms with van der Waals surface area (Å²) in [6, 6.07) is 10.0. The first-order valence-corrected chi connectivity index (χ1v) is 8.86. The maximum Gasteiger partial charge on any atom is 0.317 e. The largest absolute Gasteiger partial charge is 0.332 e. The Morgan fingerprint density at radius 1 is 1.17 bits per heavy atom. The number of pyridine rings is 1. The minimum absolute atomic E-state index is 0.00799. The molecular weight excluding hydrogens is 308 g/mol. The van der Waals surface area contributed by atoms with Crippen LogP contribution in [0.3, 0.4) is 0 Å². The van der Waals surface area contributed by atoms with Gasteiger partial charge in [-0.1, -0.05) is 12.1 Å². The molecule has 0 spiro atoms. The van der Waals surface area contributed by atoms with Crippen LogP contribution < -0.4 is 5.32 Å². The van der Waals surface area contributed by atoms with Gasteiger partial charge in [0.05, 0.1) is 12.2 Å². The third-order valence-electron chi connectivity index (χ3n) is 3.98. The minimum Gasteiger partial charge on any atom is -0.332 e. The SMILES string of the molecule is O=C(NCc1ccccn1)N1CCCN(Cc2cccs2)CC1. The van der Waals surface area contributed by atoms with Gasteiger partial charge in [0.1, 0.15) is 0 Å². The second-order valence-electron chi connectivity index (χ2n) is 5.68. The number of urea groups is 1. The Labute approximate surface area is 140 Å². The monoisotopic (exact) mass is 330 g/mol. The molecule has 0 aliphatic carbocycles. The second-order valence-corrected chi connectivity index (χ2v) is 6.71. The van der Waals surface area contributed by atoms with Crippen LogP contribution in [0.4, 0.5) is 4.79 Å². The standard InChI is InChI=1S/C17H22N4OS/c22-17(19-13-15-5-1-2-7-18-15)21-9-4-8-20(10-11-21)14-16-6-3-12-23-16/h1-3,5-7,12H,4,8-11,13-14H2,(H,19,22). The zero-order valence-electron chi connectivity index (χ0n) is 13.1. The molecule has 0 saturated carbocycles. The lowest BCUT2D eigenvalue weighted by Crippen LogP contribution is -2.41. The molecule has 0 bridgehead atoms. The number of hydrogen-bond acceptors (Lipinski definition) is 4. The number of rotatable bonds is 4. The number of hydrogen-bond donors (Lipinski definition) is 1. The molecule has 23 heavy (non-hydrogen) atoms. The van der Waals surface area contributed by atoms with Crippen molar-refractivity contribution in [1.82, 2.24) is 20.1 Å². The summed E-state index contributed by atoms with van der Waals surface area (Å²) in [6.07, 6.45) is 2.76. The maximum absolute atomic E-state index is 12.3. The first-order chi connectivity index (χ1) is 11.3. The molecule has 0 atom stereocenters. The highest BCUT2D eigenvalue weighted by molar-refractivity contribution is 7.09. The van der Waals surface area contributed by atoms with E-state index in [-0.39, 0.29) is 6.03 Å². The smallest absolute Gasteiger partial charge is 0.317 e.